The molecule has 0 amide bonds. The molecule has 25 heavy (non-hydrogen) atoms. The number of methoxy groups -OCH3 is 2. The van der Waals surface area contributed by atoms with Gasteiger partial charge in [0.25, 0.3) is 0 Å². The van der Waals surface area contributed by atoms with Gasteiger partial charge in [0, 0.05) is 17.0 Å². The Morgan fingerprint density at radius 1 is 1.00 bits per heavy atom. The second-order valence-electron chi connectivity index (χ2n) is 5.24. The molecule has 0 aliphatic heterocycles. The Kier molecular flexibility index (Phi) is 4.79. The fourth-order valence-corrected chi connectivity index (χ4v) is 2.59. The van der Waals surface area contributed by atoms with Crippen molar-refractivity contribution in [3.05, 3.63) is 48.3 Å². The molecule has 0 saturated heterocycles. The van der Waals surface area contributed by atoms with Crippen LogP contribution in [0.1, 0.15) is 17.3 Å². The van der Waals surface area contributed by atoms with E-state index in [0.29, 0.717) is 23.7 Å². The van der Waals surface area contributed by atoms with Crippen molar-refractivity contribution in [1.82, 2.24) is 9.97 Å². The number of hydrogen-bond acceptors (Lipinski definition) is 6. The van der Waals surface area contributed by atoms with Crippen LogP contribution >= 0.6 is 0 Å². The van der Waals surface area contributed by atoms with Crippen LogP contribution in [0.4, 0.5) is 0 Å². The number of rotatable bonds is 5. The molecule has 0 N–H and O–H groups in total. The number of carbonyl (C=O) groups excluding carboxylic acids is 1. The zero-order valence-electron chi connectivity index (χ0n) is 14.3. The molecule has 0 saturated carbocycles. The number of carbonyl (C=O) groups is 1. The molecule has 6 nitrogen and oxygen atoms in total. The first-order chi connectivity index (χ1) is 12.2. The van der Waals surface area contributed by atoms with Gasteiger partial charge in [0.15, 0.2) is 11.5 Å². The summed E-state index contributed by atoms with van der Waals surface area (Å²) in [4.78, 5) is 20.5. The molecule has 1 heterocycles. The van der Waals surface area contributed by atoms with Gasteiger partial charge in [0.2, 0.25) is 0 Å². The lowest BCUT2D eigenvalue weighted by molar-refractivity contribution is 0.0526. The third-order valence-corrected chi connectivity index (χ3v) is 3.81. The molecule has 0 spiro atoms. The molecule has 128 valence electrons. The highest BCUT2D eigenvalue weighted by molar-refractivity contribution is 5.95. The monoisotopic (exact) mass is 338 g/mol. The molecule has 0 unspecified atom stereocenters. The lowest BCUT2D eigenvalue weighted by atomic mass is 10.0. The lowest BCUT2D eigenvalue weighted by Gasteiger charge is -2.11. The quantitative estimate of drug-likeness (QED) is 0.663. The average molecular weight is 338 g/mol. The second kappa shape index (κ2) is 7.17. The Morgan fingerprint density at radius 2 is 1.68 bits per heavy atom. The van der Waals surface area contributed by atoms with Gasteiger partial charge in [-0.05, 0) is 25.1 Å². The molecule has 0 bridgehead atoms. The minimum absolute atomic E-state index is 0.340. The molecule has 6 heteroatoms. The van der Waals surface area contributed by atoms with E-state index in [4.69, 9.17) is 14.2 Å². The largest absolute Gasteiger partial charge is 0.493 e. The summed E-state index contributed by atoms with van der Waals surface area (Å²) < 4.78 is 15.7. The van der Waals surface area contributed by atoms with E-state index < -0.39 is 0 Å². The average Bonchev–Trinajstić information content (AvgIpc) is 2.66. The van der Waals surface area contributed by atoms with Crippen LogP contribution in [0, 0.1) is 0 Å². The minimum atomic E-state index is -0.340. The molecule has 3 rings (SSSR count). The number of nitrogens with zero attached hydrogens (tertiary/aromatic N) is 2. The van der Waals surface area contributed by atoms with Crippen LogP contribution in [-0.4, -0.2) is 36.8 Å². The van der Waals surface area contributed by atoms with Crippen LogP contribution in [0.3, 0.4) is 0 Å². The predicted molar refractivity (Wildman–Crippen MR) is 94.0 cm³/mol. The topological polar surface area (TPSA) is 70.5 Å². The number of benzene rings is 2. The van der Waals surface area contributed by atoms with Crippen molar-refractivity contribution in [2.24, 2.45) is 0 Å². The third kappa shape index (κ3) is 3.24. The summed E-state index contributed by atoms with van der Waals surface area (Å²) in [6.07, 6.45) is 1.50. The zero-order chi connectivity index (χ0) is 17.8. The SMILES string of the molecule is CCOC(=O)c1ccc(-c2ncnc3cc(OC)c(OC)cc23)cc1. The Balaban J connectivity index is 2.07. The van der Waals surface area contributed by atoms with E-state index in [-0.39, 0.29) is 5.97 Å². The van der Waals surface area contributed by atoms with E-state index in [9.17, 15) is 4.79 Å². The molecule has 1 aromatic heterocycles. The van der Waals surface area contributed by atoms with E-state index in [2.05, 4.69) is 9.97 Å². The highest BCUT2D eigenvalue weighted by atomic mass is 16.5. The highest BCUT2D eigenvalue weighted by Gasteiger charge is 2.13. The van der Waals surface area contributed by atoms with Gasteiger partial charge in [-0.25, -0.2) is 14.8 Å². The Hall–Kier alpha value is -3.15. The second-order valence-corrected chi connectivity index (χ2v) is 5.24. The van der Waals surface area contributed by atoms with Gasteiger partial charge >= 0.3 is 5.97 Å². The van der Waals surface area contributed by atoms with Crippen molar-refractivity contribution < 1.29 is 19.0 Å². The van der Waals surface area contributed by atoms with Crippen molar-refractivity contribution in [2.45, 2.75) is 6.92 Å². The molecule has 0 aliphatic carbocycles. The van der Waals surface area contributed by atoms with E-state index in [1.165, 1.54) is 6.33 Å². The summed E-state index contributed by atoms with van der Waals surface area (Å²) in [6, 6.07) is 10.8. The summed E-state index contributed by atoms with van der Waals surface area (Å²) in [6.45, 7) is 2.12. The number of ether oxygens (including phenoxy) is 3. The van der Waals surface area contributed by atoms with E-state index in [1.54, 1.807) is 33.3 Å². The lowest BCUT2D eigenvalue weighted by Crippen LogP contribution is -2.04. The van der Waals surface area contributed by atoms with Crippen molar-refractivity contribution in [1.29, 1.82) is 0 Å². The summed E-state index contributed by atoms with van der Waals surface area (Å²) >= 11 is 0. The molecule has 0 atom stereocenters. The van der Waals surface area contributed by atoms with E-state index in [0.717, 1.165) is 22.2 Å². The molecule has 2 aromatic carbocycles. The first-order valence-corrected chi connectivity index (χ1v) is 7.82. The fourth-order valence-electron chi connectivity index (χ4n) is 2.59. The highest BCUT2D eigenvalue weighted by Crippen LogP contribution is 2.35. The summed E-state index contributed by atoms with van der Waals surface area (Å²) in [5.41, 5.74) is 2.87. The van der Waals surface area contributed by atoms with Crippen LogP contribution in [0.25, 0.3) is 22.2 Å². The van der Waals surface area contributed by atoms with Crippen LogP contribution in [0.2, 0.25) is 0 Å². The standard InChI is InChI=1S/C19H18N2O4/c1-4-25-19(22)13-7-5-12(6-8-13)18-14-9-16(23-2)17(24-3)10-15(14)20-11-21-18/h5-11H,4H2,1-3H3. The van der Waals surface area contributed by atoms with Gasteiger partial charge < -0.3 is 14.2 Å². The van der Waals surface area contributed by atoms with Crippen LogP contribution in [0.5, 0.6) is 11.5 Å². The Morgan fingerprint density at radius 3 is 2.32 bits per heavy atom. The molecular formula is C19H18N2O4. The predicted octanol–water partition coefficient (Wildman–Crippen LogP) is 3.49. The van der Waals surface area contributed by atoms with Crippen LogP contribution in [0.15, 0.2) is 42.7 Å². The van der Waals surface area contributed by atoms with Gasteiger partial charge in [0.1, 0.15) is 6.33 Å². The molecule has 0 aliphatic rings. The number of aromatic nitrogens is 2. The number of hydrogen-bond donors (Lipinski definition) is 0. The Labute approximate surface area is 145 Å². The van der Waals surface area contributed by atoms with Crippen molar-refractivity contribution >= 4 is 16.9 Å². The van der Waals surface area contributed by atoms with Crippen molar-refractivity contribution in [3.8, 4) is 22.8 Å². The maximum Gasteiger partial charge on any atom is 0.338 e. The smallest absolute Gasteiger partial charge is 0.338 e. The molecular weight excluding hydrogens is 320 g/mol. The number of fused-ring (bicyclic) bond motifs is 1. The third-order valence-electron chi connectivity index (χ3n) is 3.81. The van der Waals surface area contributed by atoms with Gasteiger partial charge in [-0.15, -0.1) is 0 Å². The Bertz CT molecular complexity index is 907. The normalized spacial score (nSPS) is 10.5. The fraction of sp³-hybridized carbons (Fsp3) is 0.211. The minimum Gasteiger partial charge on any atom is -0.493 e. The summed E-state index contributed by atoms with van der Waals surface area (Å²) in [5.74, 6) is 0.875. The van der Waals surface area contributed by atoms with Crippen molar-refractivity contribution in [2.75, 3.05) is 20.8 Å². The zero-order valence-corrected chi connectivity index (χ0v) is 14.3. The summed E-state index contributed by atoms with van der Waals surface area (Å²) in [5, 5.41) is 0.837. The van der Waals surface area contributed by atoms with Crippen LogP contribution in [-0.2, 0) is 4.74 Å². The maximum absolute atomic E-state index is 11.8. The molecule has 0 fully saturated rings. The number of esters is 1. The van der Waals surface area contributed by atoms with Gasteiger partial charge in [0.05, 0.1) is 37.6 Å². The van der Waals surface area contributed by atoms with Crippen molar-refractivity contribution in [3.63, 3.8) is 0 Å². The summed E-state index contributed by atoms with van der Waals surface area (Å²) in [7, 11) is 3.17. The van der Waals surface area contributed by atoms with Gasteiger partial charge in [-0.2, -0.15) is 0 Å². The van der Waals surface area contributed by atoms with Crippen LogP contribution < -0.4 is 9.47 Å². The molecule has 3 aromatic rings. The maximum atomic E-state index is 11.8. The van der Waals surface area contributed by atoms with E-state index in [1.807, 2.05) is 24.3 Å². The van der Waals surface area contributed by atoms with Gasteiger partial charge in [-0.1, -0.05) is 12.1 Å². The van der Waals surface area contributed by atoms with Gasteiger partial charge in [-0.3, -0.25) is 0 Å². The first kappa shape index (κ1) is 16.7. The first-order valence-electron chi connectivity index (χ1n) is 7.82. The van der Waals surface area contributed by atoms with E-state index >= 15 is 0 Å². The molecule has 0 radical (unpaired) electrons.